The molecule has 29 heavy (non-hydrogen) atoms. The van der Waals surface area contributed by atoms with Crippen LogP contribution in [0.25, 0.3) is 0 Å². The molecule has 0 N–H and O–H groups in total. The minimum Gasteiger partial charge on any atom is -0.493 e. The standard InChI is InChI=1S/C20H18F3NO5/c1-12(25)13-6-7-16(18(10-13)27-2)28-17-8-9-24(19(17)26)14-4-3-5-15(11-14)29-20(21,22)23/h3-7,10-11,17H,8-9H2,1-2H3/t17-/m0/s1. The number of alkyl halides is 3. The second-order valence-electron chi connectivity index (χ2n) is 6.35. The molecule has 9 heteroatoms. The summed E-state index contributed by atoms with van der Waals surface area (Å²) in [7, 11) is 1.42. The SMILES string of the molecule is COc1cc(C(C)=O)ccc1O[C@H]1CCN(c2cccc(OC(F)(F)F)c2)C1=O. The second kappa shape index (κ2) is 8.02. The Bertz CT molecular complexity index is 929. The summed E-state index contributed by atoms with van der Waals surface area (Å²) in [6, 6.07) is 9.83. The maximum absolute atomic E-state index is 12.7. The lowest BCUT2D eigenvalue weighted by molar-refractivity contribution is -0.274. The number of rotatable bonds is 6. The number of nitrogens with zero attached hydrogens (tertiary/aromatic N) is 1. The fraction of sp³-hybridized carbons (Fsp3) is 0.300. The zero-order valence-electron chi connectivity index (χ0n) is 15.7. The van der Waals surface area contributed by atoms with Crippen molar-refractivity contribution in [3.8, 4) is 17.2 Å². The predicted molar refractivity (Wildman–Crippen MR) is 97.5 cm³/mol. The smallest absolute Gasteiger partial charge is 0.493 e. The van der Waals surface area contributed by atoms with E-state index in [1.54, 1.807) is 12.1 Å². The van der Waals surface area contributed by atoms with Crippen LogP contribution in [0.1, 0.15) is 23.7 Å². The molecule has 0 saturated carbocycles. The number of Topliss-reactive ketones (excluding diaryl/α,β-unsaturated/α-hetero) is 1. The Hall–Kier alpha value is -3.23. The monoisotopic (exact) mass is 409 g/mol. The van der Waals surface area contributed by atoms with Gasteiger partial charge in [-0.3, -0.25) is 9.59 Å². The van der Waals surface area contributed by atoms with Crippen LogP contribution in [0.5, 0.6) is 17.2 Å². The minimum absolute atomic E-state index is 0.140. The number of halogens is 3. The maximum atomic E-state index is 12.7. The van der Waals surface area contributed by atoms with E-state index in [9.17, 15) is 22.8 Å². The predicted octanol–water partition coefficient (Wildman–Crippen LogP) is 3.98. The summed E-state index contributed by atoms with van der Waals surface area (Å²) in [6.45, 7) is 1.69. The molecule has 0 unspecified atom stereocenters. The van der Waals surface area contributed by atoms with Crippen molar-refractivity contribution in [3.05, 3.63) is 48.0 Å². The number of hydrogen-bond donors (Lipinski definition) is 0. The topological polar surface area (TPSA) is 65.1 Å². The second-order valence-corrected chi connectivity index (χ2v) is 6.35. The number of hydrogen-bond acceptors (Lipinski definition) is 5. The Labute approximate surface area is 164 Å². The van der Waals surface area contributed by atoms with Gasteiger partial charge in [-0.25, -0.2) is 0 Å². The lowest BCUT2D eigenvalue weighted by Gasteiger charge is -2.19. The average molecular weight is 409 g/mol. The molecule has 2 aromatic rings. The van der Waals surface area contributed by atoms with Gasteiger partial charge in [0, 0.05) is 30.3 Å². The Balaban J connectivity index is 1.75. The number of ketones is 1. The highest BCUT2D eigenvalue weighted by molar-refractivity contribution is 5.99. The first kappa shape index (κ1) is 20.5. The van der Waals surface area contributed by atoms with Crippen LogP contribution in [0.3, 0.4) is 0 Å². The van der Waals surface area contributed by atoms with Crippen LogP contribution >= 0.6 is 0 Å². The van der Waals surface area contributed by atoms with Gasteiger partial charge in [-0.1, -0.05) is 6.07 Å². The van der Waals surface area contributed by atoms with E-state index in [0.717, 1.165) is 12.1 Å². The van der Waals surface area contributed by atoms with Gasteiger partial charge in [-0.05, 0) is 37.3 Å². The molecule has 6 nitrogen and oxygen atoms in total. The van der Waals surface area contributed by atoms with E-state index in [1.807, 2.05) is 0 Å². The number of amides is 1. The molecule has 0 bridgehead atoms. The minimum atomic E-state index is -4.82. The molecule has 1 saturated heterocycles. The van der Waals surface area contributed by atoms with Crippen molar-refractivity contribution in [2.24, 2.45) is 0 Å². The molecule has 3 rings (SSSR count). The number of benzene rings is 2. The lowest BCUT2D eigenvalue weighted by Crippen LogP contribution is -2.32. The Kier molecular flexibility index (Phi) is 5.67. The largest absolute Gasteiger partial charge is 0.573 e. The van der Waals surface area contributed by atoms with Crippen molar-refractivity contribution >= 4 is 17.4 Å². The highest BCUT2D eigenvalue weighted by Crippen LogP contribution is 2.33. The maximum Gasteiger partial charge on any atom is 0.573 e. The third-order valence-corrected chi connectivity index (χ3v) is 4.36. The van der Waals surface area contributed by atoms with Gasteiger partial charge in [0.15, 0.2) is 23.4 Å². The fourth-order valence-electron chi connectivity index (χ4n) is 3.01. The zero-order chi connectivity index (χ0) is 21.2. The van der Waals surface area contributed by atoms with Gasteiger partial charge in [0.1, 0.15) is 5.75 Å². The van der Waals surface area contributed by atoms with Gasteiger partial charge in [-0.2, -0.15) is 0 Å². The highest BCUT2D eigenvalue weighted by Gasteiger charge is 2.36. The van der Waals surface area contributed by atoms with Crippen LogP contribution in [0.4, 0.5) is 18.9 Å². The summed E-state index contributed by atoms with van der Waals surface area (Å²) in [5.74, 6) is -0.337. The third-order valence-electron chi connectivity index (χ3n) is 4.36. The van der Waals surface area contributed by atoms with E-state index in [1.165, 1.54) is 37.1 Å². The first-order valence-corrected chi connectivity index (χ1v) is 8.71. The van der Waals surface area contributed by atoms with E-state index in [2.05, 4.69) is 4.74 Å². The zero-order valence-corrected chi connectivity index (χ0v) is 15.7. The molecule has 1 fully saturated rings. The van der Waals surface area contributed by atoms with Crippen LogP contribution in [-0.4, -0.2) is 37.8 Å². The van der Waals surface area contributed by atoms with Gasteiger partial charge in [0.25, 0.3) is 5.91 Å². The van der Waals surface area contributed by atoms with Crippen LogP contribution in [-0.2, 0) is 4.79 Å². The van der Waals surface area contributed by atoms with Crippen molar-refractivity contribution in [3.63, 3.8) is 0 Å². The first-order valence-electron chi connectivity index (χ1n) is 8.71. The van der Waals surface area contributed by atoms with E-state index >= 15 is 0 Å². The van der Waals surface area contributed by atoms with Crippen molar-refractivity contribution < 1.29 is 37.0 Å². The van der Waals surface area contributed by atoms with E-state index in [-0.39, 0.29) is 18.0 Å². The van der Waals surface area contributed by atoms with Gasteiger partial charge < -0.3 is 19.1 Å². The Morgan fingerprint density at radius 3 is 2.55 bits per heavy atom. The van der Waals surface area contributed by atoms with Gasteiger partial charge in [0.2, 0.25) is 0 Å². The summed E-state index contributed by atoms with van der Waals surface area (Å²) < 4.78 is 52.2. The molecule has 0 aliphatic carbocycles. The average Bonchev–Trinajstić information content (AvgIpc) is 3.01. The molecule has 0 radical (unpaired) electrons. The molecule has 1 aliphatic rings. The molecule has 1 heterocycles. The van der Waals surface area contributed by atoms with Crippen molar-refractivity contribution in [1.82, 2.24) is 0 Å². The summed E-state index contributed by atoms with van der Waals surface area (Å²) in [5.41, 5.74) is 0.719. The molecule has 154 valence electrons. The number of carbonyl (C=O) groups excluding carboxylic acids is 2. The fourth-order valence-corrected chi connectivity index (χ4v) is 3.01. The molecule has 1 aliphatic heterocycles. The number of ether oxygens (including phenoxy) is 3. The summed E-state index contributed by atoms with van der Waals surface area (Å²) in [6.07, 6.45) is -5.32. The lowest BCUT2D eigenvalue weighted by atomic mass is 10.1. The van der Waals surface area contributed by atoms with E-state index in [4.69, 9.17) is 9.47 Å². The Morgan fingerprint density at radius 2 is 1.90 bits per heavy atom. The molecule has 2 aromatic carbocycles. The number of anilines is 1. The van der Waals surface area contributed by atoms with Crippen molar-refractivity contribution in [2.75, 3.05) is 18.6 Å². The van der Waals surface area contributed by atoms with Crippen LogP contribution in [0, 0.1) is 0 Å². The van der Waals surface area contributed by atoms with Crippen molar-refractivity contribution in [1.29, 1.82) is 0 Å². The molecule has 1 amide bonds. The van der Waals surface area contributed by atoms with E-state index < -0.39 is 24.1 Å². The third kappa shape index (κ3) is 4.79. The highest BCUT2D eigenvalue weighted by atomic mass is 19.4. The summed E-state index contributed by atoms with van der Waals surface area (Å²) in [5, 5.41) is 0. The van der Waals surface area contributed by atoms with Crippen LogP contribution < -0.4 is 19.1 Å². The summed E-state index contributed by atoms with van der Waals surface area (Å²) >= 11 is 0. The van der Waals surface area contributed by atoms with Crippen LogP contribution in [0.15, 0.2) is 42.5 Å². The van der Waals surface area contributed by atoms with Gasteiger partial charge >= 0.3 is 6.36 Å². The normalized spacial score (nSPS) is 16.7. The van der Waals surface area contributed by atoms with Crippen LogP contribution in [0.2, 0.25) is 0 Å². The van der Waals surface area contributed by atoms with Crippen molar-refractivity contribution in [2.45, 2.75) is 25.8 Å². The van der Waals surface area contributed by atoms with Gasteiger partial charge in [-0.15, -0.1) is 13.2 Å². The first-order chi connectivity index (χ1) is 13.7. The number of carbonyl (C=O) groups is 2. The molecule has 0 spiro atoms. The molecule has 0 aromatic heterocycles. The number of methoxy groups -OCH3 is 1. The molecular weight excluding hydrogens is 391 g/mol. The summed E-state index contributed by atoms with van der Waals surface area (Å²) in [4.78, 5) is 25.6. The quantitative estimate of drug-likeness (QED) is 0.676. The molecular formula is C20H18F3NO5. The van der Waals surface area contributed by atoms with Gasteiger partial charge in [0.05, 0.1) is 7.11 Å². The Morgan fingerprint density at radius 1 is 1.14 bits per heavy atom. The van der Waals surface area contributed by atoms with E-state index in [0.29, 0.717) is 23.5 Å². The molecule has 1 atom stereocenters.